The maximum atomic E-state index is 10.8. The number of nitrogens with one attached hydrogen (secondary N) is 1. The number of carbonyl (C=O) groups excluding carboxylic acids is 1. The van der Waals surface area contributed by atoms with E-state index < -0.39 is 0 Å². The van der Waals surface area contributed by atoms with Crippen molar-refractivity contribution in [2.24, 2.45) is 0 Å². The van der Waals surface area contributed by atoms with Crippen LogP contribution in [-0.4, -0.2) is 12.2 Å². The standard InChI is InChI=1S/C17H17NO2.CH3Br/c1-2-7-15-10-6-11-16(17(15)18-13-19)20-12-14-8-4-3-5-9-14;1-2/h2-11,13H,12H2,1H3,(H,18,19);1H3/b7-2-;. The highest BCUT2D eigenvalue weighted by atomic mass is 79.9. The van der Waals surface area contributed by atoms with Gasteiger partial charge in [-0.3, -0.25) is 4.79 Å². The molecule has 0 aliphatic rings. The summed E-state index contributed by atoms with van der Waals surface area (Å²) in [7, 11) is 0. The normalized spacial score (nSPS) is 9.77. The molecule has 0 bridgehead atoms. The van der Waals surface area contributed by atoms with E-state index in [-0.39, 0.29) is 0 Å². The number of para-hydroxylation sites is 1. The maximum Gasteiger partial charge on any atom is 0.211 e. The topological polar surface area (TPSA) is 38.3 Å². The first-order chi connectivity index (χ1) is 10.8. The van der Waals surface area contributed by atoms with Gasteiger partial charge >= 0.3 is 0 Å². The van der Waals surface area contributed by atoms with Gasteiger partial charge in [0.2, 0.25) is 6.41 Å². The lowest BCUT2D eigenvalue weighted by atomic mass is 10.1. The lowest BCUT2D eigenvalue weighted by Gasteiger charge is -2.13. The predicted octanol–water partition coefficient (Wildman–Crippen LogP) is 4.88. The summed E-state index contributed by atoms with van der Waals surface area (Å²) in [6.07, 6.45) is 4.52. The smallest absolute Gasteiger partial charge is 0.211 e. The molecule has 1 amide bonds. The van der Waals surface area contributed by atoms with Gasteiger partial charge in [0, 0.05) is 5.56 Å². The third-order valence-electron chi connectivity index (χ3n) is 2.85. The molecule has 0 aromatic heterocycles. The molecule has 0 fully saturated rings. The Bertz CT molecular complexity index is 597. The van der Waals surface area contributed by atoms with Crippen molar-refractivity contribution in [1.29, 1.82) is 0 Å². The van der Waals surface area contributed by atoms with Crippen LogP contribution in [0.2, 0.25) is 0 Å². The average Bonchev–Trinajstić information content (AvgIpc) is 2.58. The van der Waals surface area contributed by atoms with Crippen LogP contribution in [0, 0.1) is 0 Å². The van der Waals surface area contributed by atoms with Crippen LogP contribution < -0.4 is 10.1 Å². The third kappa shape index (κ3) is 5.37. The number of amides is 1. The van der Waals surface area contributed by atoms with Crippen molar-refractivity contribution in [2.75, 3.05) is 11.1 Å². The molecule has 3 nitrogen and oxygen atoms in total. The number of benzene rings is 2. The molecule has 0 spiro atoms. The molecule has 0 radical (unpaired) electrons. The second-order valence-corrected chi connectivity index (χ2v) is 4.26. The van der Waals surface area contributed by atoms with Crippen LogP contribution in [0.3, 0.4) is 0 Å². The highest BCUT2D eigenvalue weighted by Gasteiger charge is 2.07. The number of halogens is 1. The van der Waals surface area contributed by atoms with Crippen LogP contribution in [0.1, 0.15) is 18.1 Å². The number of hydrogen-bond donors (Lipinski definition) is 1. The van der Waals surface area contributed by atoms with Crippen molar-refractivity contribution in [3.05, 3.63) is 65.7 Å². The fraction of sp³-hybridized carbons (Fsp3) is 0.167. The van der Waals surface area contributed by atoms with Crippen LogP contribution >= 0.6 is 15.9 Å². The molecule has 2 aromatic carbocycles. The zero-order chi connectivity index (χ0) is 16.2. The lowest BCUT2D eigenvalue weighted by Crippen LogP contribution is -2.02. The minimum absolute atomic E-state index is 0.466. The van der Waals surface area contributed by atoms with Gasteiger partial charge in [0.05, 0.1) is 5.69 Å². The summed E-state index contributed by atoms with van der Waals surface area (Å²) in [6.45, 7) is 2.40. The van der Waals surface area contributed by atoms with E-state index in [1.165, 1.54) is 0 Å². The molecular formula is C18H20BrNO2. The van der Waals surface area contributed by atoms with Gasteiger partial charge in [-0.25, -0.2) is 0 Å². The SMILES string of the molecule is C/C=C\c1cccc(OCc2ccccc2)c1NC=O.CBr. The molecule has 0 aliphatic carbocycles. The largest absolute Gasteiger partial charge is 0.487 e. The zero-order valence-electron chi connectivity index (χ0n) is 12.8. The second-order valence-electron chi connectivity index (χ2n) is 4.26. The molecule has 2 rings (SSSR count). The molecule has 0 unspecified atom stereocenters. The lowest BCUT2D eigenvalue weighted by molar-refractivity contribution is -0.105. The molecule has 0 aliphatic heterocycles. The fourth-order valence-corrected chi connectivity index (χ4v) is 1.94. The summed E-state index contributed by atoms with van der Waals surface area (Å²) in [5, 5.41) is 2.71. The predicted molar refractivity (Wildman–Crippen MR) is 96.5 cm³/mol. The number of hydrogen-bond acceptors (Lipinski definition) is 2. The van der Waals surface area contributed by atoms with Gasteiger partial charge in [0.25, 0.3) is 0 Å². The van der Waals surface area contributed by atoms with Gasteiger partial charge in [-0.15, -0.1) is 0 Å². The van der Waals surface area contributed by atoms with Gasteiger partial charge in [0.15, 0.2) is 0 Å². The molecule has 4 heteroatoms. The Hall–Kier alpha value is -2.07. The van der Waals surface area contributed by atoms with Crippen molar-refractivity contribution in [1.82, 2.24) is 0 Å². The molecule has 0 saturated carbocycles. The quantitative estimate of drug-likeness (QED) is 0.588. The van der Waals surface area contributed by atoms with E-state index in [0.29, 0.717) is 24.5 Å². The Labute approximate surface area is 140 Å². The van der Waals surface area contributed by atoms with Crippen LogP contribution in [0.25, 0.3) is 6.08 Å². The Morgan fingerprint density at radius 3 is 2.45 bits per heavy atom. The highest BCUT2D eigenvalue weighted by Crippen LogP contribution is 2.29. The molecule has 2 aromatic rings. The maximum absolute atomic E-state index is 10.8. The molecule has 1 N–H and O–H groups in total. The Morgan fingerprint density at radius 1 is 1.09 bits per heavy atom. The Morgan fingerprint density at radius 2 is 1.82 bits per heavy atom. The highest BCUT2D eigenvalue weighted by molar-refractivity contribution is 9.08. The third-order valence-corrected chi connectivity index (χ3v) is 2.85. The first-order valence-electron chi connectivity index (χ1n) is 6.85. The van der Waals surface area contributed by atoms with E-state index in [9.17, 15) is 4.79 Å². The summed E-state index contributed by atoms with van der Waals surface area (Å²) in [4.78, 5) is 10.8. The number of ether oxygens (including phenoxy) is 1. The van der Waals surface area contributed by atoms with Crippen LogP contribution in [0.4, 0.5) is 5.69 Å². The summed E-state index contributed by atoms with van der Waals surface area (Å²) >= 11 is 2.94. The average molecular weight is 362 g/mol. The molecule has 116 valence electrons. The second kappa shape index (κ2) is 10.6. The number of carbonyl (C=O) groups is 1. The van der Waals surface area contributed by atoms with Crippen LogP contribution in [-0.2, 0) is 11.4 Å². The molecule has 0 atom stereocenters. The van der Waals surface area contributed by atoms with Crippen molar-refractivity contribution < 1.29 is 9.53 Å². The Balaban J connectivity index is 0.00000116. The summed E-state index contributed by atoms with van der Waals surface area (Å²) < 4.78 is 5.81. The van der Waals surface area contributed by atoms with E-state index in [1.54, 1.807) is 0 Å². The first kappa shape index (κ1) is 18.0. The van der Waals surface area contributed by atoms with E-state index >= 15 is 0 Å². The van der Waals surface area contributed by atoms with E-state index in [4.69, 9.17) is 4.74 Å². The van der Waals surface area contributed by atoms with Crippen LogP contribution in [0.15, 0.2) is 54.6 Å². The van der Waals surface area contributed by atoms with Gasteiger partial charge < -0.3 is 10.1 Å². The van der Waals surface area contributed by atoms with E-state index in [2.05, 4.69) is 21.2 Å². The van der Waals surface area contributed by atoms with Crippen molar-refractivity contribution in [3.63, 3.8) is 0 Å². The number of alkyl halides is 1. The zero-order valence-corrected chi connectivity index (χ0v) is 14.3. The van der Waals surface area contributed by atoms with E-state index in [1.807, 2.05) is 73.4 Å². The van der Waals surface area contributed by atoms with Gasteiger partial charge in [-0.2, -0.15) is 0 Å². The van der Waals surface area contributed by atoms with Crippen molar-refractivity contribution >= 4 is 34.1 Å². The number of allylic oxidation sites excluding steroid dienone is 1. The van der Waals surface area contributed by atoms with Gasteiger partial charge in [-0.1, -0.05) is 70.5 Å². The van der Waals surface area contributed by atoms with E-state index in [0.717, 1.165) is 11.1 Å². The number of rotatable bonds is 6. The Kier molecular flexibility index (Phi) is 8.69. The minimum atomic E-state index is 0.466. The molecule has 22 heavy (non-hydrogen) atoms. The molecule has 0 heterocycles. The fourth-order valence-electron chi connectivity index (χ4n) is 1.94. The first-order valence-corrected chi connectivity index (χ1v) is 8.44. The summed E-state index contributed by atoms with van der Waals surface area (Å²) in [6, 6.07) is 15.6. The van der Waals surface area contributed by atoms with Crippen molar-refractivity contribution in [2.45, 2.75) is 13.5 Å². The van der Waals surface area contributed by atoms with Gasteiger partial charge in [0.1, 0.15) is 12.4 Å². The molecule has 0 saturated heterocycles. The number of anilines is 1. The van der Waals surface area contributed by atoms with Crippen LogP contribution in [0.5, 0.6) is 5.75 Å². The summed E-state index contributed by atoms with van der Waals surface area (Å²) in [5.41, 5.74) is 2.70. The minimum Gasteiger partial charge on any atom is -0.487 e. The molecular weight excluding hydrogens is 342 g/mol. The monoisotopic (exact) mass is 361 g/mol. The van der Waals surface area contributed by atoms with Crippen molar-refractivity contribution in [3.8, 4) is 5.75 Å². The van der Waals surface area contributed by atoms with Gasteiger partial charge in [-0.05, 0) is 24.4 Å². The summed E-state index contributed by atoms with van der Waals surface area (Å²) in [5.74, 6) is 2.48.